The molecular weight excluding hydrogens is 342 g/mol. The highest BCUT2D eigenvalue weighted by molar-refractivity contribution is 5.95. The molecule has 3 atom stereocenters. The molecule has 140 valence electrons. The van der Waals surface area contributed by atoms with Gasteiger partial charge in [0.15, 0.2) is 0 Å². The fourth-order valence-electron chi connectivity index (χ4n) is 3.33. The molecule has 1 saturated heterocycles. The third-order valence-corrected chi connectivity index (χ3v) is 4.75. The van der Waals surface area contributed by atoms with E-state index in [0.717, 1.165) is 16.0 Å². The smallest absolute Gasteiger partial charge is 0.417 e. The molecule has 2 amide bonds. The Hall–Kier alpha value is -2.92. The molecule has 27 heavy (non-hydrogen) atoms. The zero-order valence-electron chi connectivity index (χ0n) is 15.0. The highest BCUT2D eigenvalue weighted by atomic mass is 16.6. The average molecular weight is 365 g/mol. The van der Waals surface area contributed by atoms with E-state index >= 15 is 0 Å². The molecule has 0 bridgehead atoms. The maximum Gasteiger partial charge on any atom is 0.417 e. The first kappa shape index (κ1) is 18.9. The number of carbonyl (C=O) groups excluding carboxylic acids is 2. The number of benzene rings is 2. The summed E-state index contributed by atoms with van der Waals surface area (Å²) in [5.41, 5.74) is 1.92. The first-order chi connectivity index (χ1) is 13.1. The van der Waals surface area contributed by atoms with Crippen molar-refractivity contribution >= 4 is 12.0 Å². The minimum Gasteiger partial charge on any atom is -0.447 e. The van der Waals surface area contributed by atoms with E-state index in [1.54, 1.807) is 0 Å². The van der Waals surface area contributed by atoms with E-state index in [0.29, 0.717) is 12.8 Å². The Morgan fingerprint density at radius 2 is 1.74 bits per heavy atom. The predicted octanol–water partition coefficient (Wildman–Crippen LogP) is 2.98. The van der Waals surface area contributed by atoms with Gasteiger partial charge in [-0.1, -0.05) is 66.7 Å². The molecule has 2 aromatic rings. The molecule has 3 rings (SSSR count). The monoisotopic (exact) mass is 365 g/mol. The summed E-state index contributed by atoms with van der Waals surface area (Å²) < 4.78 is 5.11. The highest BCUT2D eigenvalue weighted by Gasteiger charge is 2.41. The van der Waals surface area contributed by atoms with Crippen LogP contribution >= 0.6 is 0 Å². The van der Waals surface area contributed by atoms with Crippen LogP contribution in [0.3, 0.4) is 0 Å². The van der Waals surface area contributed by atoms with Gasteiger partial charge in [0, 0.05) is 0 Å². The molecule has 1 N–H and O–H groups in total. The summed E-state index contributed by atoms with van der Waals surface area (Å²) in [5, 5.41) is 10.6. The van der Waals surface area contributed by atoms with Crippen molar-refractivity contribution in [3.63, 3.8) is 0 Å². The van der Waals surface area contributed by atoms with Crippen molar-refractivity contribution in [3.8, 4) is 0 Å². The van der Waals surface area contributed by atoms with E-state index in [4.69, 9.17) is 4.74 Å². The summed E-state index contributed by atoms with van der Waals surface area (Å²) in [7, 11) is 0. The lowest BCUT2D eigenvalue weighted by Crippen LogP contribution is -2.46. The van der Waals surface area contributed by atoms with Gasteiger partial charge in [0.25, 0.3) is 0 Å². The van der Waals surface area contributed by atoms with Crippen LogP contribution in [0.1, 0.15) is 11.1 Å². The van der Waals surface area contributed by atoms with Crippen LogP contribution in [0.5, 0.6) is 0 Å². The highest BCUT2D eigenvalue weighted by Crippen LogP contribution is 2.23. The molecule has 1 aliphatic rings. The molecule has 0 aromatic heterocycles. The Bertz CT molecular complexity index is 790. The number of hydrogen-bond donors (Lipinski definition) is 1. The Balaban J connectivity index is 1.73. The number of hydrogen-bond acceptors (Lipinski definition) is 4. The fourth-order valence-corrected chi connectivity index (χ4v) is 3.33. The van der Waals surface area contributed by atoms with Crippen molar-refractivity contribution in [1.82, 2.24) is 4.90 Å². The third-order valence-electron chi connectivity index (χ3n) is 4.75. The van der Waals surface area contributed by atoms with Crippen molar-refractivity contribution in [1.29, 1.82) is 0 Å². The minimum atomic E-state index is -0.969. The predicted molar refractivity (Wildman–Crippen MR) is 102 cm³/mol. The molecule has 0 spiro atoms. The summed E-state index contributed by atoms with van der Waals surface area (Å²) in [6.45, 7) is 3.84. The summed E-state index contributed by atoms with van der Waals surface area (Å²) in [5.74, 6) is -1.36. The Morgan fingerprint density at radius 3 is 2.33 bits per heavy atom. The normalized spacial score (nSPS) is 18.6. The lowest BCUT2D eigenvalue weighted by Gasteiger charge is -2.26. The van der Waals surface area contributed by atoms with Crippen molar-refractivity contribution in [2.45, 2.75) is 25.0 Å². The number of cyclic esters (lactones) is 1. The van der Waals surface area contributed by atoms with Crippen LogP contribution in [0, 0.1) is 5.92 Å². The van der Waals surface area contributed by atoms with Gasteiger partial charge in [0.2, 0.25) is 5.91 Å². The van der Waals surface area contributed by atoms with Crippen molar-refractivity contribution in [2.75, 3.05) is 6.61 Å². The molecule has 5 nitrogen and oxygen atoms in total. The third kappa shape index (κ3) is 4.44. The zero-order chi connectivity index (χ0) is 19.2. The van der Waals surface area contributed by atoms with Gasteiger partial charge < -0.3 is 9.84 Å². The second-order valence-electron chi connectivity index (χ2n) is 6.65. The van der Waals surface area contributed by atoms with Gasteiger partial charge in [0.1, 0.15) is 6.61 Å². The van der Waals surface area contributed by atoms with E-state index in [9.17, 15) is 14.7 Å². The Morgan fingerprint density at radius 1 is 1.15 bits per heavy atom. The molecular formula is C22H23NO4. The van der Waals surface area contributed by atoms with Gasteiger partial charge in [-0.2, -0.15) is 0 Å². The van der Waals surface area contributed by atoms with Crippen LogP contribution in [-0.4, -0.2) is 40.8 Å². The summed E-state index contributed by atoms with van der Waals surface area (Å²) in [6, 6.07) is 18.6. The zero-order valence-corrected chi connectivity index (χ0v) is 15.0. The summed E-state index contributed by atoms with van der Waals surface area (Å²) in [6.07, 6.45) is 0.580. The van der Waals surface area contributed by atoms with Gasteiger partial charge in [-0.15, -0.1) is 6.58 Å². The van der Waals surface area contributed by atoms with Crippen molar-refractivity contribution in [3.05, 3.63) is 84.4 Å². The topological polar surface area (TPSA) is 66.8 Å². The van der Waals surface area contributed by atoms with Crippen LogP contribution < -0.4 is 0 Å². The van der Waals surface area contributed by atoms with Gasteiger partial charge in [-0.25, -0.2) is 9.69 Å². The van der Waals surface area contributed by atoms with E-state index in [-0.39, 0.29) is 6.61 Å². The molecule has 2 aromatic carbocycles. The summed E-state index contributed by atoms with van der Waals surface area (Å²) >= 11 is 0. The first-order valence-electron chi connectivity index (χ1n) is 8.98. The van der Waals surface area contributed by atoms with E-state index in [1.165, 1.54) is 6.08 Å². The standard InChI is InChI=1S/C22H23NO4/c1-2-19(20(24)14-17-11-7-4-8-12-17)21(25)23-18(15-27-22(23)26)13-16-9-5-3-6-10-16/h2-12,18-20,24H,1,13-15H2/t18-,19-,20+/m0/s1. The quantitative estimate of drug-likeness (QED) is 0.766. The number of carbonyl (C=O) groups is 2. The number of aliphatic hydroxyl groups is 1. The molecule has 1 heterocycles. The second-order valence-corrected chi connectivity index (χ2v) is 6.65. The molecule has 1 aliphatic heterocycles. The molecule has 5 heteroatoms. The number of amides is 2. The van der Waals surface area contributed by atoms with Crippen LogP contribution in [0.15, 0.2) is 73.3 Å². The Labute approximate surface area is 158 Å². The largest absolute Gasteiger partial charge is 0.447 e. The molecule has 0 unspecified atom stereocenters. The lowest BCUT2D eigenvalue weighted by atomic mass is 9.94. The van der Waals surface area contributed by atoms with Gasteiger partial charge in [0.05, 0.1) is 18.1 Å². The van der Waals surface area contributed by atoms with E-state index in [1.807, 2.05) is 60.7 Å². The van der Waals surface area contributed by atoms with E-state index in [2.05, 4.69) is 6.58 Å². The second kappa shape index (κ2) is 8.64. The van der Waals surface area contributed by atoms with Crippen molar-refractivity contribution in [2.24, 2.45) is 5.92 Å². The number of aliphatic hydroxyl groups excluding tert-OH is 1. The van der Waals surface area contributed by atoms with Gasteiger partial charge in [-0.3, -0.25) is 4.79 Å². The SMILES string of the molecule is C=C[C@H](C(=O)N1C(=O)OC[C@@H]1Cc1ccccc1)[C@H](O)Cc1ccccc1. The van der Waals surface area contributed by atoms with Gasteiger partial charge in [-0.05, 0) is 24.0 Å². The number of rotatable bonds is 7. The van der Waals surface area contributed by atoms with Crippen molar-refractivity contribution < 1.29 is 19.4 Å². The maximum atomic E-state index is 13.0. The number of nitrogens with zero attached hydrogens (tertiary/aromatic N) is 1. The van der Waals surface area contributed by atoms with Crippen LogP contribution in [-0.2, 0) is 22.4 Å². The summed E-state index contributed by atoms with van der Waals surface area (Å²) in [4.78, 5) is 26.3. The fraction of sp³-hybridized carbons (Fsp3) is 0.273. The first-order valence-corrected chi connectivity index (χ1v) is 8.98. The minimum absolute atomic E-state index is 0.151. The number of imide groups is 1. The van der Waals surface area contributed by atoms with Crippen LogP contribution in [0.4, 0.5) is 4.79 Å². The molecule has 0 saturated carbocycles. The maximum absolute atomic E-state index is 13.0. The molecule has 0 radical (unpaired) electrons. The van der Waals surface area contributed by atoms with Crippen LogP contribution in [0.2, 0.25) is 0 Å². The van der Waals surface area contributed by atoms with Crippen LogP contribution in [0.25, 0.3) is 0 Å². The molecule has 0 aliphatic carbocycles. The lowest BCUT2D eigenvalue weighted by molar-refractivity contribution is -0.134. The van der Waals surface area contributed by atoms with E-state index < -0.39 is 30.1 Å². The Kier molecular flexibility index (Phi) is 6.04. The average Bonchev–Trinajstić information content (AvgIpc) is 3.04. The van der Waals surface area contributed by atoms with Gasteiger partial charge >= 0.3 is 6.09 Å². The number of ether oxygens (including phenoxy) is 1. The molecule has 1 fully saturated rings.